The van der Waals surface area contributed by atoms with Crippen LogP contribution in [0.3, 0.4) is 0 Å². The van der Waals surface area contributed by atoms with Crippen LogP contribution in [0.15, 0.2) is 24.5 Å². The molecular formula is C18H26N6O2. The summed E-state index contributed by atoms with van der Waals surface area (Å²) in [7, 11) is 3.64. The smallest absolute Gasteiger partial charge is 0.230 e. The number of aromatic nitrogens is 4. The van der Waals surface area contributed by atoms with E-state index in [2.05, 4.69) is 25.8 Å². The Morgan fingerprint density at radius 2 is 1.96 bits per heavy atom. The molecule has 0 aliphatic carbocycles. The number of hydrogen-bond donors (Lipinski definition) is 0. The molecule has 0 saturated carbocycles. The Morgan fingerprint density at radius 3 is 2.65 bits per heavy atom. The highest BCUT2D eigenvalue weighted by Crippen LogP contribution is 2.40. The molecule has 0 aromatic carbocycles. The molecule has 0 N–H and O–H groups in total. The van der Waals surface area contributed by atoms with Crippen molar-refractivity contribution < 1.29 is 9.53 Å². The molecule has 140 valence electrons. The van der Waals surface area contributed by atoms with Crippen molar-refractivity contribution >= 4 is 11.7 Å². The summed E-state index contributed by atoms with van der Waals surface area (Å²) < 4.78 is 9.17. The van der Waals surface area contributed by atoms with Crippen molar-refractivity contribution in [3.05, 3.63) is 30.2 Å². The van der Waals surface area contributed by atoms with Gasteiger partial charge in [-0.15, -0.1) is 0 Å². The third kappa shape index (κ3) is 2.93. The largest absolute Gasteiger partial charge is 0.383 e. The summed E-state index contributed by atoms with van der Waals surface area (Å²) in [6.45, 7) is 3.91. The van der Waals surface area contributed by atoms with E-state index in [9.17, 15) is 4.79 Å². The Balaban J connectivity index is 1.49. The van der Waals surface area contributed by atoms with Gasteiger partial charge in [0.1, 0.15) is 5.82 Å². The third-order valence-corrected chi connectivity index (χ3v) is 5.74. The number of ether oxygens (including phenoxy) is 1. The van der Waals surface area contributed by atoms with Gasteiger partial charge in [-0.05, 0) is 18.9 Å². The monoisotopic (exact) mass is 358 g/mol. The van der Waals surface area contributed by atoms with Gasteiger partial charge in [-0.1, -0.05) is 0 Å². The minimum Gasteiger partial charge on any atom is -0.383 e. The number of likely N-dealkylation sites (tertiary alicyclic amines) is 1. The number of methoxy groups -OCH3 is 1. The van der Waals surface area contributed by atoms with Crippen molar-refractivity contribution in [2.45, 2.75) is 31.3 Å². The lowest BCUT2D eigenvalue weighted by molar-refractivity contribution is -0.123. The maximum atomic E-state index is 12.8. The molecule has 2 aliphatic rings. The number of anilines is 1. The predicted molar refractivity (Wildman–Crippen MR) is 96.8 cm³/mol. The van der Waals surface area contributed by atoms with E-state index < -0.39 is 0 Å². The van der Waals surface area contributed by atoms with E-state index in [0.29, 0.717) is 19.6 Å². The Bertz CT molecular complexity index is 774. The lowest BCUT2D eigenvalue weighted by atomic mass is 9.82. The van der Waals surface area contributed by atoms with Crippen LogP contribution in [0.1, 0.15) is 25.0 Å². The minimum atomic E-state index is -0.192. The fraction of sp³-hybridized carbons (Fsp3) is 0.611. The first kappa shape index (κ1) is 17.2. The van der Waals surface area contributed by atoms with Crippen molar-refractivity contribution in [1.29, 1.82) is 0 Å². The van der Waals surface area contributed by atoms with Gasteiger partial charge in [0.15, 0.2) is 0 Å². The number of piperidine rings is 1. The maximum absolute atomic E-state index is 12.8. The van der Waals surface area contributed by atoms with E-state index >= 15 is 0 Å². The van der Waals surface area contributed by atoms with E-state index in [1.165, 1.54) is 5.69 Å². The van der Waals surface area contributed by atoms with Gasteiger partial charge < -0.3 is 4.74 Å². The molecule has 2 aliphatic heterocycles. The Hall–Kier alpha value is -2.19. The molecule has 0 atom stereocenters. The van der Waals surface area contributed by atoms with Crippen LogP contribution in [0, 0.1) is 0 Å². The van der Waals surface area contributed by atoms with Crippen LogP contribution < -0.4 is 4.90 Å². The zero-order valence-corrected chi connectivity index (χ0v) is 15.5. The normalized spacial score (nSPS) is 19.9. The van der Waals surface area contributed by atoms with Crippen molar-refractivity contribution in [3.8, 4) is 0 Å². The number of hydrogen-bond acceptors (Lipinski definition) is 5. The molecule has 8 heteroatoms. The third-order valence-electron chi connectivity index (χ3n) is 5.74. The summed E-state index contributed by atoms with van der Waals surface area (Å²) in [5, 5.41) is 8.84. The molecule has 2 aromatic heterocycles. The lowest BCUT2D eigenvalue weighted by Crippen LogP contribution is -2.54. The van der Waals surface area contributed by atoms with Crippen molar-refractivity contribution in [2.75, 3.05) is 38.3 Å². The van der Waals surface area contributed by atoms with Crippen LogP contribution >= 0.6 is 0 Å². The molecule has 8 nitrogen and oxygen atoms in total. The first-order chi connectivity index (χ1) is 12.6. The Kier molecular flexibility index (Phi) is 4.54. The zero-order valence-electron chi connectivity index (χ0n) is 15.5. The fourth-order valence-electron chi connectivity index (χ4n) is 4.17. The lowest BCUT2D eigenvalue weighted by Gasteiger charge is -2.46. The van der Waals surface area contributed by atoms with Gasteiger partial charge in [-0.3, -0.25) is 19.3 Å². The van der Waals surface area contributed by atoms with Crippen molar-refractivity contribution in [2.24, 2.45) is 7.05 Å². The van der Waals surface area contributed by atoms with E-state index in [-0.39, 0.29) is 11.4 Å². The van der Waals surface area contributed by atoms with Gasteiger partial charge in [0.05, 0.1) is 37.0 Å². The number of nitrogens with zero attached hydrogens (tertiary/aromatic N) is 6. The number of carbonyl (C=O) groups excluding carboxylic acids is 1. The quantitative estimate of drug-likeness (QED) is 0.797. The summed E-state index contributed by atoms with van der Waals surface area (Å²) in [6.07, 6.45) is 6.03. The van der Waals surface area contributed by atoms with Crippen LogP contribution in [0.25, 0.3) is 0 Å². The second kappa shape index (κ2) is 6.85. The molecule has 1 amide bonds. The summed E-state index contributed by atoms with van der Waals surface area (Å²) in [5.74, 6) is 1.08. The van der Waals surface area contributed by atoms with Crippen molar-refractivity contribution in [1.82, 2.24) is 24.5 Å². The van der Waals surface area contributed by atoms with Gasteiger partial charge >= 0.3 is 0 Å². The predicted octanol–water partition coefficient (Wildman–Crippen LogP) is 0.991. The van der Waals surface area contributed by atoms with Crippen LogP contribution in [0.5, 0.6) is 0 Å². The summed E-state index contributed by atoms with van der Waals surface area (Å²) >= 11 is 0. The van der Waals surface area contributed by atoms with Crippen LogP contribution in [0.2, 0.25) is 0 Å². The van der Waals surface area contributed by atoms with Gasteiger partial charge in [-0.25, -0.2) is 4.68 Å². The summed E-state index contributed by atoms with van der Waals surface area (Å²) in [6, 6.07) is 4.00. The van der Waals surface area contributed by atoms with Gasteiger partial charge in [0, 0.05) is 46.1 Å². The SMILES string of the molecule is COCCN1C(=O)CC2(CCN(Cc3ccnn3C)CC2)n2nccc21. The molecule has 2 aromatic rings. The molecule has 0 unspecified atom stereocenters. The first-order valence-corrected chi connectivity index (χ1v) is 9.16. The topological polar surface area (TPSA) is 68.4 Å². The van der Waals surface area contributed by atoms with Gasteiger partial charge in [-0.2, -0.15) is 10.2 Å². The molecular weight excluding hydrogens is 332 g/mol. The number of carbonyl (C=O) groups is 1. The highest BCUT2D eigenvalue weighted by atomic mass is 16.5. The molecule has 4 heterocycles. The first-order valence-electron chi connectivity index (χ1n) is 9.16. The fourth-order valence-corrected chi connectivity index (χ4v) is 4.17. The Morgan fingerprint density at radius 1 is 1.19 bits per heavy atom. The summed E-state index contributed by atoms with van der Waals surface area (Å²) in [5.41, 5.74) is 1.02. The average Bonchev–Trinajstić information content (AvgIpc) is 3.27. The Labute approximate surface area is 153 Å². The van der Waals surface area contributed by atoms with E-state index in [1.54, 1.807) is 13.3 Å². The summed E-state index contributed by atoms with van der Waals surface area (Å²) in [4.78, 5) is 17.1. The molecule has 0 bridgehead atoms. The highest BCUT2D eigenvalue weighted by molar-refractivity contribution is 5.94. The molecule has 1 saturated heterocycles. The van der Waals surface area contributed by atoms with Crippen LogP contribution in [0.4, 0.5) is 5.82 Å². The molecule has 1 fully saturated rings. The van der Waals surface area contributed by atoms with E-state index in [0.717, 1.165) is 38.3 Å². The zero-order chi connectivity index (χ0) is 18.1. The number of aryl methyl sites for hydroxylation is 1. The second-order valence-electron chi connectivity index (χ2n) is 7.26. The van der Waals surface area contributed by atoms with Gasteiger partial charge in [0.2, 0.25) is 5.91 Å². The standard InChI is InChI=1S/C18H26N6O2/c1-21-15(3-7-19-21)14-22-9-5-18(6-10-22)13-17(25)23(11-12-26-2)16-4-8-20-24(16)18/h3-4,7-8H,5-6,9-14H2,1-2H3. The molecule has 26 heavy (non-hydrogen) atoms. The van der Waals surface area contributed by atoms with E-state index in [4.69, 9.17) is 4.74 Å². The number of fused-ring (bicyclic) bond motifs is 2. The van der Waals surface area contributed by atoms with E-state index in [1.807, 2.05) is 28.9 Å². The van der Waals surface area contributed by atoms with Crippen molar-refractivity contribution in [3.63, 3.8) is 0 Å². The van der Waals surface area contributed by atoms with Crippen LogP contribution in [-0.2, 0) is 28.7 Å². The number of rotatable bonds is 5. The number of amides is 1. The van der Waals surface area contributed by atoms with Gasteiger partial charge in [0.25, 0.3) is 0 Å². The molecule has 1 spiro atoms. The maximum Gasteiger partial charge on any atom is 0.230 e. The average molecular weight is 358 g/mol. The second-order valence-corrected chi connectivity index (χ2v) is 7.26. The molecule has 0 radical (unpaired) electrons. The molecule has 4 rings (SSSR count). The van der Waals surface area contributed by atoms with Crippen LogP contribution in [-0.4, -0.2) is 63.7 Å². The minimum absolute atomic E-state index is 0.176. The highest BCUT2D eigenvalue weighted by Gasteiger charge is 2.45.